The van der Waals surface area contributed by atoms with Gasteiger partial charge in [0.05, 0.1) is 19.3 Å². The third-order valence-electron chi connectivity index (χ3n) is 5.14. The van der Waals surface area contributed by atoms with Crippen LogP contribution < -0.4 is 4.74 Å². The first-order valence-corrected chi connectivity index (χ1v) is 9.50. The van der Waals surface area contributed by atoms with Gasteiger partial charge in [-0.1, -0.05) is 54.3 Å². The van der Waals surface area contributed by atoms with Gasteiger partial charge in [-0.3, -0.25) is 0 Å². The van der Waals surface area contributed by atoms with Gasteiger partial charge in [0.25, 0.3) is 0 Å². The largest absolute Gasteiger partial charge is 0.497 e. The number of ether oxygens (including phenoxy) is 2. The molecule has 3 aromatic rings. The smallest absolute Gasteiger partial charge is 0.416 e. The Bertz CT molecular complexity index is 1120. The van der Waals surface area contributed by atoms with E-state index >= 15 is 0 Å². The van der Waals surface area contributed by atoms with Crippen LogP contribution in [0.2, 0.25) is 0 Å². The molecule has 0 radical (unpaired) electrons. The average Bonchev–Trinajstić information content (AvgIpc) is 2.77. The second-order valence-corrected chi connectivity index (χ2v) is 7.00. The molecule has 0 N–H and O–H groups in total. The average molecular weight is 408 g/mol. The Labute approximate surface area is 173 Å². The normalized spacial score (nSPS) is 18.1. The van der Waals surface area contributed by atoms with Crippen molar-refractivity contribution in [2.24, 2.45) is 0 Å². The fourth-order valence-corrected chi connectivity index (χ4v) is 3.66. The van der Waals surface area contributed by atoms with Crippen LogP contribution in [0.15, 0.2) is 72.8 Å². The first-order valence-electron chi connectivity index (χ1n) is 9.50. The highest BCUT2D eigenvalue weighted by molar-refractivity contribution is 5.53. The summed E-state index contributed by atoms with van der Waals surface area (Å²) in [5.74, 6) is 6.74. The van der Waals surface area contributed by atoms with Crippen molar-refractivity contribution in [1.29, 1.82) is 0 Å². The standard InChI is InChI=1S/C25H19F3O2/c1-29-22-10-5-8-20(17-22)24(23-11-3-2-7-19(23)13-15-30-24)14-12-18-6-4-9-21(16-18)25(26,27)28/h2-11,16-17H,13,15H2,1H3/t24-/m0/s1. The van der Waals surface area contributed by atoms with Crippen LogP contribution in [0.1, 0.15) is 27.8 Å². The van der Waals surface area contributed by atoms with Gasteiger partial charge in [0.15, 0.2) is 5.60 Å². The molecule has 0 saturated carbocycles. The van der Waals surface area contributed by atoms with Crippen LogP contribution in [0.25, 0.3) is 0 Å². The zero-order valence-electron chi connectivity index (χ0n) is 16.3. The maximum atomic E-state index is 13.1. The van der Waals surface area contributed by atoms with Crippen molar-refractivity contribution in [1.82, 2.24) is 0 Å². The van der Waals surface area contributed by atoms with Gasteiger partial charge in [-0.2, -0.15) is 13.2 Å². The van der Waals surface area contributed by atoms with Crippen molar-refractivity contribution in [3.63, 3.8) is 0 Å². The molecule has 152 valence electrons. The molecule has 0 amide bonds. The molecule has 1 aliphatic heterocycles. The van der Waals surface area contributed by atoms with Gasteiger partial charge in [-0.25, -0.2) is 0 Å². The molecule has 0 spiro atoms. The summed E-state index contributed by atoms with van der Waals surface area (Å²) in [4.78, 5) is 0. The van der Waals surface area contributed by atoms with Crippen LogP contribution in [-0.2, 0) is 22.9 Å². The summed E-state index contributed by atoms with van der Waals surface area (Å²) in [7, 11) is 1.58. The highest BCUT2D eigenvalue weighted by Gasteiger charge is 2.38. The van der Waals surface area contributed by atoms with Crippen molar-refractivity contribution in [3.8, 4) is 17.6 Å². The fraction of sp³-hybridized carbons (Fsp3) is 0.200. The Morgan fingerprint density at radius 2 is 1.77 bits per heavy atom. The first kappa shape index (κ1) is 20.1. The molecular formula is C25H19F3O2. The van der Waals surface area contributed by atoms with Gasteiger partial charge in [0.1, 0.15) is 5.75 Å². The lowest BCUT2D eigenvalue weighted by Gasteiger charge is -2.35. The highest BCUT2D eigenvalue weighted by Crippen LogP contribution is 2.40. The number of methoxy groups -OCH3 is 1. The van der Waals surface area contributed by atoms with Gasteiger partial charge < -0.3 is 9.47 Å². The molecular weight excluding hydrogens is 389 g/mol. The van der Waals surface area contributed by atoms with E-state index in [1.807, 2.05) is 48.5 Å². The molecule has 2 nitrogen and oxygen atoms in total. The number of fused-ring (bicyclic) bond motifs is 1. The molecule has 0 fully saturated rings. The van der Waals surface area contributed by atoms with E-state index in [0.717, 1.165) is 35.2 Å². The van der Waals surface area contributed by atoms with E-state index in [1.54, 1.807) is 13.2 Å². The molecule has 0 aromatic heterocycles. The lowest BCUT2D eigenvalue weighted by molar-refractivity contribution is -0.137. The van der Waals surface area contributed by atoms with Crippen LogP contribution in [0.4, 0.5) is 13.2 Å². The van der Waals surface area contributed by atoms with Gasteiger partial charge in [-0.05, 0) is 42.3 Å². The zero-order chi connectivity index (χ0) is 21.2. The summed E-state index contributed by atoms with van der Waals surface area (Å²) in [6.07, 6.45) is -3.68. The second kappa shape index (κ2) is 7.89. The maximum absolute atomic E-state index is 13.1. The predicted octanol–water partition coefficient (Wildman–Crippen LogP) is 5.58. The molecule has 30 heavy (non-hydrogen) atoms. The van der Waals surface area contributed by atoms with E-state index in [1.165, 1.54) is 6.07 Å². The highest BCUT2D eigenvalue weighted by atomic mass is 19.4. The number of halogens is 3. The summed E-state index contributed by atoms with van der Waals surface area (Å²) in [5, 5.41) is 0. The Balaban J connectivity index is 1.89. The van der Waals surface area contributed by atoms with Crippen LogP contribution in [-0.4, -0.2) is 13.7 Å². The molecule has 1 atom stereocenters. The molecule has 0 aliphatic carbocycles. The van der Waals surface area contributed by atoms with Crippen LogP contribution >= 0.6 is 0 Å². The number of benzene rings is 3. The minimum absolute atomic E-state index is 0.277. The Morgan fingerprint density at radius 3 is 2.57 bits per heavy atom. The number of rotatable bonds is 2. The molecule has 5 heteroatoms. The summed E-state index contributed by atoms with van der Waals surface area (Å²) < 4.78 is 50.9. The van der Waals surface area contributed by atoms with Crippen LogP contribution in [0.3, 0.4) is 0 Å². The van der Waals surface area contributed by atoms with Crippen molar-refractivity contribution >= 4 is 0 Å². The summed E-state index contributed by atoms with van der Waals surface area (Å²) in [5.41, 5.74) is 1.22. The number of hydrogen-bond acceptors (Lipinski definition) is 2. The van der Waals surface area contributed by atoms with E-state index in [4.69, 9.17) is 9.47 Å². The molecule has 1 aliphatic rings. The predicted molar refractivity (Wildman–Crippen MR) is 108 cm³/mol. The van der Waals surface area contributed by atoms with Gasteiger partial charge in [0, 0.05) is 16.7 Å². The third-order valence-corrected chi connectivity index (χ3v) is 5.14. The lowest BCUT2D eigenvalue weighted by Crippen LogP contribution is -2.35. The topological polar surface area (TPSA) is 18.5 Å². The minimum Gasteiger partial charge on any atom is -0.497 e. The summed E-state index contributed by atoms with van der Waals surface area (Å²) in [6, 6.07) is 20.3. The van der Waals surface area contributed by atoms with Gasteiger partial charge in [0.2, 0.25) is 0 Å². The van der Waals surface area contributed by atoms with Gasteiger partial charge >= 0.3 is 6.18 Å². The van der Waals surface area contributed by atoms with E-state index in [2.05, 4.69) is 11.8 Å². The van der Waals surface area contributed by atoms with Crippen molar-refractivity contribution < 1.29 is 22.6 Å². The molecule has 1 heterocycles. The summed E-state index contributed by atoms with van der Waals surface area (Å²) >= 11 is 0. The van der Waals surface area contributed by atoms with E-state index in [-0.39, 0.29) is 5.56 Å². The Hall–Kier alpha value is -3.23. The zero-order valence-corrected chi connectivity index (χ0v) is 16.3. The molecule has 0 saturated heterocycles. The van der Waals surface area contributed by atoms with E-state index in [9.17, 15) is 13.2 Å². The second-order valence-electron chi connectivity index (χ2n) is 7.00. The molecule has 3 aromatic carbocycles. The van der Waals surface area contributed by atoms with Crippen molar-refractivity contribution in [2.45, 2.75) is 18.2 Å². The Kier molecular flexibility index (Phi) is 5.27. The monoisotopic (exact) mass is 408 g/mol. The minimum atomic E-state index is -4.42. The van der Waals surface area contributed by atoms with Crippen LogP contribution in [0.5, 0.6) is 5.75 Å². The van der Waals surface area contributed by atoms with Crippen molar-refractivity contribution in [2.75, 3.05) is 13.7 Å². The molecule has 4 rings (SSSR count). The van der Waals surface area contributed by atoms with Gasteiger partial charge in [-0.15, -0.1) is 0 Å². The molecule has 0 bridgehead atoms. The third kappa shape index (κ3) is 3.79. The quantitative estimate of drug-likeness (QED) is 0.515. The number of alkyl halides is 3. The van der Waals surface area contributed by atoms with E-state index in [0.29, 0.717) is 12.4 Å². The first-order chi connectivity index (χ1) is 14.4. The molecule has 0 unspecified atom stereocenters. The van der Waals surface area contributed by atoms with E-state index < -0.39 is 17.3 Å². The SMILES string of the molecule is COc1cccc([C@]2(C#Cc3cccc(C(F)(F)F)c3)OCCc3ccccc32)c1. The van der Waals surface area contributed by atoms with Crippen LogP contribution in [0, 0.1) is 11.8 Å². The lowest BCUT2D eigenvalue weighted by atomic mass is 9.81. The Morgan fingerprint density at radius 1 is 0.967 bits per heavy atom. The number of hydrogen-bond donors (Lipinski definition) is 0. The summed E-state index contributed by atoms with van der Waals surface area (Å²) in [6.45, 7) is 0.450. The fourth-order valence-electron chi connectivity index (χ4n) is 3.66. The van der Waals surface area contributed by atoms with Crippen molar-refractivity contribution in [3.05, 3.63) is 101 Å². The maximum Gasteiger partial charge on any atom is 0.416 e.